The first-order chi connectivity index (χ1) is 9.24. The fourth-order valence-corrected chi connectivity index (χ4v) is 3.38. The van der Waals surface area contributed by atoms with Crippen molar-refractivity contribution in [2.75, 3.05) is 5.32 Å². The molecule has 1 aliphatic carbocycles. The lowest BCUT2D eigenvalue weighted by Crippen LogP contribution is -2.35. The minimum Gasteiger partial charge on any atom is -0.382 e. The number of aromatic amines is 1. The van der Waals surface area contributed by atoms with Gasteiger partial charge in [0.2, 0.25) is 0 Å². The van der Waals surface area contributed by atoms with Gasteiger partial charge in [-0.05, 0) is 42.9 Å². The van der Waals surface area contributed by atoms with Gasteiger partial charge in [0, 0.05) is 17.1 Å². The lowest BCUT2D eigenvalue weighted by atomic mass is 9.78. The van der Waals surface area contributed by atoms with Gasteiger partial charge in [0.15, 0.2) is 0 Å². The van der Waals surface area contributed by atoms with E-state index in [1.54, 1.807) is 0 Å². The van der Waals surface area contributed by atoms with E-state index in [2.05, 4.69) is 47.6 Å². The van der Waals surface area contributed by atoms with Gasteiger partial charge >= 0.3 is 0 Å². The standard InChI is InChI=1S/C16H23N3/c1-11(2)14-5-3-4-6-15(14)18-13-8-7-12-10-17-19-16(12)9-13/h7-11,14-15,18H,3-6H2,1-2H3,(H,17,19). The fourth-order valence-electron chi connectivity index (χ4n) is 3.38. The highest BCUT2D eigenvalue weighted by Gasteiger charge is 2.27. The average Bonchev–Trinajstić information content (AvgIpc) is 2.86. The molecule has 1 aliphatic rings. The van der Waals surface area contributed by atoms with Crippen molar-refractivity contribution in [3.8, 4) is 0 Å². The largest absolute Gasteiger partial charge is 0.382 e. The Morgan fingerprint density at radius 3 is 2.95 bits per heavy atom. The minimum atomic E-state index is 0.620. The molecule has 1 fully saturated rings. The number of aromatic nitrogens is 2. The number of H-pyrrole nitrogens is 1. The lowest BCUT2D eigenvalue weighted by molar-refractivity contribution is 0.254. The number of benzene rings is 1. The topological polar surface area (TPSA) is 40.7 Å². The normalized spacial score (nSPS) is 23.9. The van der Waals surface area contributed by atoms with Crippen molar-refractivity contribution >= 4 is 16.6 Å². The summed E-state index contributed by atoms with van der Waals surface area (Å²) >= 11 is 0. The third-order valence-corrected chi connectivity index (χ3v) is 4.47. The molecule has 102 valence electrons. The molecular formula is C16H23N3. The van der Waals surface area contributed by atoms with Crippen LogP contribution in [0.15, 0.2) is 24.4 Å². The predicted octanol–water partition coefficient (Wildman–Crippen LogP) is 4.19. The maximum Gasteiger partial charge on any atom is 0.0670 e. The molecule has 3 nitrogen and oxygen atoms in total. The zero-order valence-electron chi connectivity index (χ0n) is 11.8. The van der Waals surface area contributed by atoms with E-state index in [4.69, 9.17) is 0 Å². The van der Waals surface area contributed by atoms with E-state index >= 15 is 0 Å². The molecule has 2 atom stereocenters. The summed E-state index contributed by atoms with van der Waals surface area (Å²) in [4.78, 5) is 0. The Kier molecular flexibility index (Phi) is 3.45. The summed E-state index contributed by atoms with van der Waals surface area (Å²) in [6, 6.07) is 7.10. The number of rotatable bonds is 3. The SMILES string of the molecule is CC(C)C1CCCCC1Nc1ccc2cn[nH]c2c1. The molecule has 1 saturated carbocycles. The van der Waals surface area contributed by atoms with Gasteiger partial charge in [0.25, 0.3) is 0 Å². The van der Waals surface area contributed by atoms with E-state index in [0.717, 1.165) is 17.4 Å². The molecule has 1 aromatic carbocycles. The van der Waals surface area contributed by atoms with Crippen LogP contribution in [0.1, 0.15) is 39.5 Å². The Balaban J connectivity index is 1.78. The van der Waals surface area contributed by atoms with Crippen molar-refractivity contribution in [1.82, 2.24) is 10.2 Å². The first-order valence-electron chi connectivity index (χ1n) is 7.44. The summed E-state index contributed by atoms with van der Waals surface area (Å²) in [6.45, 7) is 4.70. The third-order valence-electron chi connectivity index (χ3n) is 4.47. The van der Waals surface area contributed by atoms with Crippen LogP contribution < -0.4 is 5.32 Å². The molecule has 0 radical (unpaired) electrons. The first-order valence-corrected chi connectivity index (χ1v) is 7.44. The molecule has 2 N–H and O–H groups in total. The molecule has 1 heterocycles. The number of nitrogens with zero attached hydrogens (tertiary/aromatic N) is 1. The van der Waals surface area contributed by atoms with E-state index in [1.165, 1.54) is 36.8 Å². The molecule has 19 heavy (non-hydrogen) atoms. The van der Waals surface area contributed by atoms with Crippen LogP contribution in [0.5, 0.6) is 0 Å². The average molecular weight is 257 g/mol. The smallest absolute Gasteiger partial charge is 0.0670 e. The number of nitrogens with one attached hydrogen (secondary N) is 2. The van der Waals surface area contributed by atoms with Crippen LogP contribution in [0.3, 0.4) is 0 Å². The van der Waals surface area contributed by atoms with Gasteiger partial charge in [-0.1, -0.05) is 26.7 Å². The van der Waals surface area contributed by atoms with E-state index < -0.39 is 0 Å². The number of hydrogen-bond acceptors (Lipinski definition) is 2. The molecule has 1 aromatic heterocycles. The molecule has 3 heteroatoms. The fraction of sp³-hybridized carbons (Fsp3) is 0.562. The van der Waals surface area contributed by atoms with Gasteiger partial charge in [-0.3, -0.25) is 5.10 Å². The maximum absolute atomic E-state index is 4.08. The summed E-state index contributed by atoms with van der Waals surface area (Å²) in [7, 11) is 0. The highest BCUT2D eigenvalue weighted by Crippen LogP contribution is 2.32. The number of anilines is 1. The zero-order chi connectivity index (χ0) is 13.2. The Morgan fingerprint density at radius 2 is 2.11 bits per heavy atom. The summed E-state index contributed by atoms with van der Waals surface area (Å²) in [5.74, 6) is 1.56. The van der Waals surface area contributed by atoms with Crippen molar-refractivity contribution in [2.24, 2.45) is 11.8 Å². The summed E-state index contributed by atoms with van der Waals surface area (Å²) in [5.41, 5.74) is 2.33. The van der Waals surface area contributed by atoms with Crippen LogP contribution in [0.2, 0.25) is 0 Å². The Hall–Kier alpha value is -1.51. The molecule has 0 aliphatic heterocycles. The second-order valence-corrected chi connectivity index (χ2v) is 6.12. The Bertz CT molecular complexity index is 544. The number of fused-ring (bicyclic) bond motifs is 1. The quantitative estimate of drug-likeness (QED) is 0.865. The van der Waals surface area contributed by atoms with Crippen LogP contribution in [0.25, 0.3) is 10.9 Å². The maximum atomic E-state index is 4.08. The molecule has 2 aromatic rings. The van der Waals surface area contributed by atoms with Crippen LogP contribution in [0.4, 0.5) is 5.69 Å². The molecule has 3 rings (SSSR count). The summed E-state index contributed by atoms with van der Waals surface area (Å²) < 4.78 is 0. The van der Waals surface area contributed by atoms with E-state index in [-0.39, 0.29) is 0 Å². The molecule has 0 spiro atoms. The van der Waals surface area contributed by atoms with Gasteiger partial charge in [-0.25, -0.2) is 0 Å². The van der Waals surface area contributed by atoms with Gasteiger partial charge in [0.05, 0.1) is 11.7 Å². The van der Waals surface area contributed by atoms with Crippen molar-refractivity contribution in [3.05, 3.63) is 24.4 Å². The molecule has 0 amide bonds. The van der Waals surface area contributed by atoms with Gasteiger partial charge in [0.1, 0.15) is 0 Å². The van der Waals surface area contributed by atoms with Crippen molar-refractivity contribution in [1.29, 1.82) is 0 Å². The molecule has 2 unspecified atom stereocenters. The van der Waals surface area contributed by atoms with Gasteiger partial charge in [-0.2, -0.15) is 5.10 Å². The monoisotopic (exact) mass is 257 g/mol. The van der Waals surface area contributed by atoms with Crippen LogP contribution in [-0.2, 0) is 0 Å². The Morgan fingerprint density at radius 1 is 1.26 bits per heavy atom. The number of hydrogen-bond donors (Lipinski definition) is 2. The van der Waals surface area contributed by atoms with Crippen LogP contribution >= 0.6 is 0 Å². The van der Waals surface area contributed by atoms with Crippen LogP contribution in [0, 0.1) is 11.8 Å². The van der Waals surface area contributed by atoms with Crippen LogP contribution in [-0.4, -0.2) is 16.2 Å². The summed E-state index contributed by atoms with van der Waals surface area (Å²) in [6.07, 6.45) is 7.27. The second kappa shape index (κ2) is 5.24. The van der Waals surface area contributed by atoms with E-state index in [1.807, 2.05) is 6.20 Å². The molecular weight excluding hydrogens is 234 g/mol. The lowest BCUT2D eigenvalue weighted by Gasteiger charge is -2.35. The predicted molar refractivity (Wildman–Crippen MR) is 80.3 cm³/mol. The minimum absolute atomic E-state index is 0.620. The van der Waals surface area contributed by atoms with E-state index in [0.29, 0.717) is 6.04 Å². The van der Waals surface area contributed by atoms with Crippen molar-refractivity contribution in [2.45, 2.75) is 45.6 Å². The van der Waals surface area contributed by atoms with E-state index in [9.17, 15) is 0 Å². The Labute approximate surface area is 114 Å². The van der Waals surface area contributed by atoms with Gasteiger partial charge < -0.3 is 5.32 Å². The van der Waals surface area contributed by atoms with Crippen molar-refractivity contribution in [3.63, 3.8) is 0 Å². The second-order valence-electron chi connectivity index (χ2n) is 6.12. The highest BCUT2D eigenvalue weighted by atomic mass is 15.1. The van der Waals surface area contributed by atoms with Crippen molar-refractivity contribution < 1.29 is 0 Å². The van der Waals surface area contributed by atoms with Gasteiger partial charge in [-0.15, -0.1) is 0 Å². The highest BCUT2D eigenvalue weighted by molar-refractivity contribution is 5.81. The summed E-state index contributed by atoms with van der Waals surface area (Å²) in [5, 5.41) is 12.0. The zero-order valence-corrected chi connectivity index (χ0v) is 11.8. The molecule has 0 saturated heterocycles. The first kappa shape index (κ1) is 12.5. The molecule has 0 bridgehead atoms. The third kappa shape index (κ3) is 2.60.